The zero-order chi connectivity index (χ0) is 17.3. The summed E-state index contributed by atoms with van der Waals surface area (Å²) in [5.41, 5.74) is 12.5. The fourth-order valence-corrected chi connectivity index (χ4v) is 2.21. The van der Waals surface area contributed by atoms with Crippen molar-refractivity contribution in [3.63, 3.8) is 0 Å². The normalized spacial score (nSPS) is 10.5. The van der Waals surface area contributed by atoms with Crippen LogP contribution in [0.15, 0.2) is 42.6 Å². The summed E-state index contributed by atoms with van der Waals surface area (Å²) in [4.78, 5) is 20.4. The van der Waals surface area contributed by atoms with Crippen LogP contribution in [0.25, 0.3) is 10.9 Å². The number of H-pyrrole nitrogens is 1. The number of hydrogen-bond acceptors (Lipinski definition) is 5. The largest absolute Gasteiger partial charge is 0.437 e. The molecule has 0 spiro atoms. The number of nitrogens with two attached hydrogens (primary N) is 2. The molecule has 0 atom stereocenters. The van der Waals surface area contributed by atoms with E-state index in [0.717, 1.165) is 10.3 Å². The highest BCUT2D eigenvalue weighted by Crippen LogP contribution is 2.29. The topological polar surface area (TPSA) is 134 Å². The quantitative estimate of drug-likeness (QED) is 0.431. The number of nitrogens with zero attached hydrogens (tertiary/aromatic N) is 2. The maximum atomic E-state index is 12.3. The second kappa shape index (κ2) is 5.92. The Balaban J connectivity index is 1.98. The van der Waals surface area contributed by atoms with Crippen LogP contribution in [-0.2, 0) is 0 Å². The summed E-state index contributed by atoms with van der Waals surface area (Å²) in [6.45, 7) is 0. The second-order valence-electron chi connectivity index (χ2n) is 5.18. The Labute approximate surface area is 137 Å². The minimum Gasteiger partial charge on any atom is -0.437 e. The van der Waals surface area contributed by atoms with Crippen LogP contribution in [0, 0.1) is 5.41 Å². The maximum Gasteiger partial charge on any atom is 0.276 e. The van der Waals surface area contributed by atoms with Crippen molar-refractivity contribution >= 4 is 28.5 Å². The molecule has 0 unspecified atom stereocenters. The van der Waals surface area contributed by atoms with Crippen LogP contribution in [0.1, 0.15) is 10.5 Å². The number of rotatable bonds is 3. The number of aromatic amines is 1. The lowest BCUT2D eigenvalue weighted by Crippen LogP contribution is -2.38. The first-order chi connectivity index (χ1) is 11.5. The Morgan fingerprint density at radius 1 is 1.33 bits per heavy atom. The number of aromatic nitrogens is 2. The van der Waals surface area contributed by atoms with Gasteiger partial charge >= 0.3 is 0 Å². The molecule has 2 aromatic heterocycles. The number of nitrogen functional groups attached to an aromatic ring is 1. The van der Waals surface area contributed by atoms with Gasteiger partial charge in [-0.2, -0.15) is 0 Å². The van der Waals surface area contributed by atoms with Crippen LogP contribution >= 0.6 is 0 Å². The van der Waals surface area contributed by atoms with Gasteiger partial charge in [-0.1, -0.05) is 12.1 Å². The van der Waals surface area contributed by atoms with Gasteiger partial charge in [-0.25, -0.2) is 4.98 Å². The van der Waals surface area contributed by atoms with Gasteiger partial charge in [-0.05, 0) is 18.2 Å². The third-order valence-electron chi connectivity index (χ3n) is 3.49. The van der Waals surface area contributed by atoms with Crippen LogP contribution in [-0.4, -0.2) is 33.8 Å². The van der Waals surface area contributed by atoms with Crippen LogP contribution in [0.2, 0.25) is 0 Å². The smallest absolute Gasteiger partial charge is 0.276 e. The molecule has 1 aromatic carbocycles. The number of anilines is 1. The fraction of sp³-hybridized carbons (Fsp3) is 0.0625. The monoisotopic (exact) mass is 324 g/mol. The molecule has 0 saturated heterocycles. The van der Waals surface area contributed by atoms with E-state index in [1.165, 1.54) is 7.05 Å². The zero-order valence-corrected chi connectivity index (χ0v) is 12.9. The molecule has 0 aliphatic carbocycles. The predicted octanol–water partition coefficient (Wildman–Crippen LogP) is 1.90. The molecule has 0 aliphatic rings. The van der Waals surface area contributed by atoms with Gasteiger partial charge in [-0.3, -0.25) is 15.1 Å². The number of pyridine rings is 1. The van der Waals surface area contributed by atoms with Crippen LogP contribution in [0.3, 0.4) is 0 Å². The number of hydrogen-bond donors (Lipinski definition) is 4. The van der Waals surface area contributed by atoms with Crippen LogP contribution < -0.4 is 16.2 Å². The first-order valence-electron chi connectivity index (χ1n) is 7.09. The molecule has 8 nitrogen and oxygen atoms in total. The van der Waals surface area contributed by atoms with E-state index in [0.29, 0.717) is 28.5 Å². The van der Waals surface area contributed by atoms with E-state index in [4.69, 9.17) is 21.6 Å². The van der Waals surface area contributed by atoms with E-state index in [2.05, 4.69) is 9.97 Å². The summed E-state index contributed by atoms with van der Waals surface area (Å²) < 4.78 is 5.76. The van der Waals surface area contributed by atoms with Gasteiger partial charge in [0.1, 0.15) is 5.69 Å². The van der Waals surface area contributed by atoms with Crippen molar-refractivity contribution in [2.24, 2.45) is 5.73 Å². The van der Waals surface area contributed by atoms with E-state index < -0.39 is 5.91 Å². The number of nitrogens with one attached hydrogen (secondary N) is 2. The molecule has 0 aliphatic heterocycles. The molecule has 122 valence electrons. The van der Waals surface area contributed by atoms with Gasteiger partial charge < -0.3 is 21.2 Å². The lowest BCUT2D eigenvalue weighted by molar-refractivity contribution is 0.0864. The average Bonchev–Trinajstić information content (AvgIpc) is 2.98. The number of fused-ring (bicyclic) bond motifs is 1. The van der Waals surface area contributed by atoms with E-state index in [1.807, 2.05) is 6.07 Å². The summed E-state index contributed by atoms with van der Waals surface area (Å²) >= 11 is 0. The van der Waals surface area contributed by atoms with Crippen molar-refractivity contribution < 1.29 is 9.53 Å². The maximum absolute atomic E-state index is 12.3. The number of carbonyl (C=O) groups excluding carboxylic acids is 1. The second-order valence-corrected chi connectivity index (χ2v) is 5.18. The van der Waals surface area contributed by atoms with Gasteiger partial charge in [0, 0.05) is 30.4 Å². The first kappa shape index (κ1) is 15.3. The SMILES string of the molecule is CN(C(=N)N)C(=O)c1cc2cccc(Oc3cc(N)ccn3)c2[nH]1. The number of para-hydroxylation sites is 1. The highest BCUT2D eigenvalue weighted by molar-refractivity contribution is 6.06. The fourth-order valence-electron chi connectivity index (χ4n) is 2.21. The Morgan fingerprint density at radius 3 is 2.83 bits per heavy atom. The minimum atomic E-state index is -0.410. The van der Waals surface area contributed by atoms with Crippen LogP contribution in [0.5, 0.6) is 11.6 Å². The summed E-state index contributed by atoms with van der Waals surface area (Å²) in [5, 5.41) is 8.14. The first-order valence-corrected chi connectivity index (χ1v) is 7.09. The van der Waals surface area contributed by atoms with Crippen molar-refractivity contribution in [3.05, 3.63) is 48.3 Å². The Morgan fingerprint density at radius 2 is 2.12 bits per heavy atom. The summed E-state index contributed by atoms with van der Waals surface area (Å²) in [6.07, 6.45) is 1.55. The summed E-state index contributed by atoms with van der Waals surface area (Å²) in [5.74, 6) is 0.117. The lowest BCUT2D eigenvalue weighted by Gasteiger charge is -2.12. The number of ether oxygens (including phenoxy) is 1. The molecule has 6 N–H and O–H groups in total. The molecule has 2 heterocycles. The molecular weight excluding hydrogens is 308 g/mol. The molecule has 8 heteroatoms. The van der Waals surface area contributed by atoms with Crippen molar-refractivity contribution in [1.82, 2.24) is 14.9 Å². The molecule has 3 aromatic rings. The molecule has 1 amide bonds. The number of amides is 1. The number of guanidine groups is 1. The van der Waals surface area contributed by atoms with E-state index in [-0.39, 0.29) is 5.96 Å². The molecule has 3 rings (SSSR count). The van der Waals surface area contributed by atoms with Gasteiger partial charge in [-0.15, -0.1) is 0 Å². The molecule has 0 saturated carbocycles. The Kier molecular flexibility index (Phi) is 3.78. The third kappa shape index (κ3) is 2.84. The van der Waals surface area contributed by atoms with Gasteiger partial charge in [0.05, 0.1) is 5.52 Å². The highest BCUT2D eigenvalue weighted by atomic mass is 16.5. The van der Waals surface area contributed by atoms with Crippen molar-refractivity contribution in [3.8, 4) is 11.6 Å². The van der Waals surface area contributed by atoms with E-state index >= 15 is 0 Å². The molecule has 0 fully saturated rings. The van der Waals surface area contributed by atoms with Crippen molar-refractivity contribution in [2.75, 3.05) is 12.8 Å². The third-order valence-corrected chi connectivity index (χ3v) is 3.49. The standard InChI is InChI=1S/C16H16N6O2/c1-22(16(18)19)15(23)11-7-9-3-2-4-12(14(9)21-11)24-13-8-10(17)5-6-20-13/h2-8,21H,1H3,(H2,17,20)(H3,18,19). The van der Waals surface area contributed by atoms with Gasteiger partial charge in [0.2, 0.25) is 5.88 Å². The minimum absolute atomic E-state index is 0.305. The Hall–Kier alpha value is -3.55. The van der Waals surface area contributed by atoms with E-state index in [1.54, 1.807) is 36.5 Å². The summed E-state index contributed by atoms with van der Waals surface area (Å²) in [6, 6.07) is 10.4. The van der Waals surface area contributed by atoms with Crippen LogP contribution in [0.4, 0.5) is 5.69 Å². The average molecular weight is 324 g/mol. The van der Waals surface area contributed by atoms with Crippen molar-refractivity contribution in [2.45, 2.75) is 0 Å². The number of carbonyl (C=O) groups is 1. The van der Waals surface area contributed by atoms with E-state index in [9.17, 15) is 4.79 Å². The van der Waals surface area contributed by atoms with Gasteiger partial charge in [0.25, 0.3) is 5.91 Å². The predicted molar refractivity (Wildman–Crippen MR) is 91.0 cm³/mol. The zero-order valence-electron chi connectivity index (χ0n) is 12.9. The molecule has 0 bridgehead atoms. The molecular formula is C16H16N6O2. The lowest BCUT2D eigenvalue weighted by atomic mass is 10.2. The highest BCUT2D eigenvalue weighted by Gasteiger charge is 2.17. The van der Waals surface area contributed by atoms with Gasteiger partial charge in [0.15, 0.2) is 11.7 Å². The number of benzene rings is 1. The molecule has 0 radical (unpaired) electrons. The summed E-state index contributed by atoms with van der Waals surface area (Å²) in [7, 11) is 1.43. The molecule has 24 heavy (non-hydrogen) atoms. The Bertz CT molecular complexity index is 933. The van der Waals surface area contributed by atoms with Crippen molar-refractivity contribution in [1.29, 1.82) is 5.41 Å².